The third-order valence-corrected chi connectivity index (χ3v) is 3.74. The van der Waals surface area contributed by atoms with Gasteiger partial charge in [-0.1, -0.05) is 25.1 Å². The van der Waals surface area contributed by atoms with Crippen LogP contribution in [-0.4, -0.2) is 30.1 Å². The molecule has 0 bridgehead atoms. The Morgan fingerprint density at radius 3 is 2.58 bits per heavy atom. The minimum atomic E-state index is -0.327. The first-order chi connectivity index (χ1) is 9.06. The molecule has 0 aromatic heterocycles. The van der Waals surface area contributed by atoms with Crippen LogP contribution in [0.2, 0.25) is 0 Å². The summed E-state index contributed by atoms with van der Waals surface area (Å²) in [6, 6.07) is 5.75. The molecule has 0 spiro atoms. The van der Waals surface area contributed by atoms with Crippen LogP contribution in [0.15, 0.2) is 18.2 Å². The van der Waals surface area contributed by atoms with Crippen LogP contribution >= 0.6 is 11.8 Å². The van der Waals surface area contributed by atoms with Crippen molar-refractivity contribution in [3.63, 3.8) is 0 Å². The lowest BCUT2D eigenvalue weighted by Gasteiger charge is -2.18. The topological polar surface area (TPSA) is 38.3 Å². The highest BCUT2D eigenvalue weighted by molar-refractivity contribution is 7.99. The van der Waals surface area contributed by atoms with E-state index in [4.69, 9.17) is 4.74 Å². The van der Waals surface area contributed by atoms with Gasteiger partial charge in [0, 0.05) is 11.4 Å². The zero-order valence-electron chi connectivity index (χ0n) is 12.2. The Morgan fingerprint density at radius 1 is 1.37 bits per heavy atom. The van der Waals surface area contributed by atoms with Gasteiger partial charge in [0.25, 0.3) is 0 Å². The molecule has 0 aliphatic heterocycles. The highest BCUT2D eigenvalue weighted by atomic mass is 32.2. The summed E-state index contributed by atoms with van der Waals surface area (Å²) in [4.78, 5) is 11.8. The zero-order valence-corrected chi connectivity index (χ0v) is 13.0. The second-order valence-corrected chi connectivity index (χ2v) is 5.89. The van der Waals surface area contributed by atoms with Crippen LogP contribution < -0.4 is 5.32 Å². The number of carbonyl (C=O) groups excluding carboxylic acids is 1. The van der Waals surface area contributed by atoms with E-state index in [1.165, 1.54) is 0 Å². The molecule has 1 aromatic rings. The molecule has 0 heterocycles. The molecule has 0 saturated heterocycles. The number of hydrogen-bond acceptors (Lipinski definition) is 4. The summed E-state index contributed by atoms with van der Waals surface area (Å²) in [5.74, 6) is 1.71. The number of aryl methyl sites for hydroxylation is 2. The van der Waals surface area contributed by atoms with Crippen LogP contribution in [0.4, 0.5) is 5.69 Å². The molecule has 1 aromatic carbocycles. The van der Waals surface area contributed by atoms with Crippen molar-refractivity contribution in [2.45, 2.75) is 33.7 Å². The van der Waals surface area contributed by atoms with Gasteiger partial charge >= 0.3 is 5.97 Å². The summed E-state index contributed by atoms with van der Waals surface area (Å²) in [6.45, 7) is 8.48. The summed E-state index contributed by atoms with van der Waals surface area (Å²) in [5.41, 5.74) is 3.30. The molecule has 106 valence electrons. The molecule has 0 fully saturated rings. The quantitative estimate of drug-likeness (QED) is 0.614. The molecule has 4 heteroatoms. The predicted molar refractivity (Wildman–Crippen MR) is 83.0 cm³/mol. The van der Waals surface area contributed by atoms with E-state index in [-0.39, 0.29) is 12.0 Å². The monoisotopic (exact) mass is 281 g/mol. The van der Waals surface area contributed by atoms with Gasteiger partial charge in [0.05, 0.1) is 0 Å². The molecule has 1 atom stereocenters. The molecule has 0 amide bonds. The molecule has 1 rings (SSSR count). The van der Waals surface area contributed by atoms with Gasteiger partial charge in [0.1, 0.15) is 12.6 Å². The number of esters is 1. The highest BCUT2D eigenvalue weighted by Gasteiger charge is 2.15. The third-order valence-electron chi connectivity index (χ3n) is 2.87. The Kier molecular flexibility index (Phi) is 6.78. The summed E-state index contributed by atoms with van der Waals surface area (Å²) < 4.78 is 5.24. The molecule has 0 aliphatic rings. The second kappa shape index (κ2) is 8.10. The fourth-order valence-electron chi connectivity index (χ4n) is 1.79. The lowest BCUT2D eigenvalue weighted by atomic mass is 10.1. The van der Waals surface area contributed by atoms with Crippen LogP contribution in [0.25, 0.3) is 0 Å². The summed E-state index contributed by atoms with van der Waals surface area (Å²) in [7, 11) is 0. The summed E-state index contributed by atoms with van der Waals surface area (Å²) >= 11 is 1.77. The molecule has 19 heavy (non-hydrogen) atoms. The second-order valence-electron chi connectivity index (χ2n) is 4.50. The normalized spacial score (nSPS) is 12.0. The third kappa shape index (κ3) is 5.15. The predicted octanol–water partition coefficient (Wildman–Crippen LogP) is 3.40. The smallest absolute Gasteiger partial charge is 0.328 e. The molecule has 0 radical (unpaired) electrons. The fourth-order valence-corrected chi connectivity index (χ4v) is 2.28. The Balaban J connectivity index is 2.50. The number of carbonyl (C=O) groups is 1. The molecular formula is C15H23NO2S. The van der Waals surface area contributed by atoms with Crippen LogP contribution in [-0.2, 0) is 9.53 Å². The number of ether oxygens (including phenoxy) is 1. The zero-order chi connectivity index (χ0) is 14.3. The molecule has 0 aliphatic carbocycles. The first-order valence-corrected chi connectivity index (χ1v) is 7.78. The van der Waals surface area contributed by atoms with Gasteiger partial charge in [0.15, 0.2) is 0 Å². The summed E-state index contributed by atoms with van der Waals surface area (Å²) in [6.07, 6.45) is 0. The molecule has 3 nitrogen and oxygen atoms in total. The van der Waals surface area contributed by atoms with E-state index in [1.807, 2.05) is 39.0 Å². The number of thioether (sulfide) groups is 1. The van der Waals surface area contributed by atoms with Crippen molar-refractivity contribution in [2.75, 3.05) is 23.4 Å². The lowest BCUT2D eigenvalue weighted by Crippen LogP contribution is -2.29. The van der Waals surface area contributed by atoms with E-state index in [0.717, 1.165) is 28.3 Å². The maximum Gasteiger partial charge on any atom is 0.328 e. The van der Waals surface area contributed by atoms with Gasteiger partial charge in [-0.2, -0.15) is 11.8 Å². The van der Waals surface area contributed by atoms with Gasteiger partial charge in [-0.3, -0.25) is 0 Å². The van der Waals surface area contributed by atoms with Gasteiger partial charge in [0.2, 0.25) is 0 Å². The largest absolute Gasteiger partial charge is 0.463 e. The van der Waals surface area contributed by atoms with Gasteiger partial charge < -0.3 is 10.1 Å². The molecule has 1 N–H and O–H groups in total. The Morgan fingerprint density at radius 2 is 2.00 bits per heavy atom. The maximum absolute atomic E-state index is 11.8. The van der Waals surface area contributed by atoms with Crippen molar-refractivity contribution in [1.29, 1.82) is 0 Å². The number of para-hydroxylation sites is 1. The van der Waals surface area contributed by atoms with Crippen LogP contribution in [0.1, 0.15) is 25.0 Å². The Labute approximate surface area is 120 Å². The van der Waals surface area contributed by atoms with E-state index in [9.17, 15) is 4.79 Å². The molecular weight excluding hydrogens is 258 g/mol. The number of rotatable bonds is 7. The first kappa shape index (κ1) is 15.9. The molecule has 0 unspecified atom stereocenters. The van der Waals surface area contributed by atoms with Crippen molar-refractivity contribution in [3.8, 4) is 0 Å². The standard InChI is InChI=1S/C15H23NO2S/c1-5-19-10-9-18-15(17)13(4)16-14-11(2)7-6-8-12(14)3/h6-8,13,16H,5,9-10H2,1-4H3/t13-/m0/s1. The number of hydrogen-bond donors (Lipinski definition) is 1. The highest BCUT2D eigenvalue weighted by Crippen LogP contribution is 2.20. The van der Waals surface area contributed by atoms with Crippen molar-refractivity contribution < 1.29 is 9.53 Å². The average Bonchev–Trinajstić information content (AvgIpc) is 2.38. The fraction of sp³-hybridized carbons (Fsp3) is 0.533. The number of nitrogens with one attached hydrogen (secondary N) is 1. The van der Waals surface area contributed by atoms with Gasteiger partial charge in [-0.25, -0.2) is 4.79 Å². The van der Waals surface area contributed by atoms with E-state index in [2.05, 4.69) is 12.2 Å². The van der Waals surface area contributed by atoms with Crippen molar-refractivity contribution >= 4 is 23.4 Å². The summed E-state index contributed by atoms with van der Waals surface area (Å²) in [5, 5.41) is 3.24. The maximum atomic E-state index is 11.8. The number of anilines is 1. The average molecular weight is 281 g/mol. The van der Waals surface area contributed by atoms with Crippen molar-refractivity contribution in [3.05, 3.63) is 29.3 Å². The SMILES string of the molecule is CCSCCOC(=O)[C@H](C)Nc1c(C)cccc1C. The Bertz CT molecular complexity index is 400. The first-order valence-electron chi connectivity index (χ1n) is 6.63. The minimum absolute atomic E-state index is 0.195. The van der Waals surface area contributed by atoms with Crippen molar-refractivity contribution in [2.24, 2.45) is 0 Å². The van der Waals surface area contributed by atoms with Crippen LogP contribution in [0, 0.1) is 13.8 Å². The van der Waals surface area contributed by atoms with E-state index < -0.39 is 0 Å². The van der Waals surface area contributed by atoms with Crippen LogP contribution in [0.3, 0.4) is 0 Å². The van der Waals surface area contributed by atoms with Crippen LogP contribution in [0.5, 0.6) is 0 Å². The van der Waals surface area contributed by atoms with Crippen molar-refractivity contribution in [1.82, 2.24) is 0 Å². The number of benzene rings is 1. The van der Waals surface area contributed by atoms with E-state index in [1.54, 1.807) is 11.8 Å². The minimum Gasteiger partial charge on any atom is -0.463 e. The Hall–Kier alpha value is -1.16. The molecule has 0 saturated carbocycles. The van der Waals surface area contributed by atoms with Gasteiger partial charge in [-0.05, 0) is 37.7 Å². The van der Waals surface area contributed by atoms with E-state index >= 15 is 0 Å². The lowest BCUT2D eigenvalue weighted by molar-refractivity contribution is -0.143. The van der Waals surface area contributed by atoms with Gasteiger partial charge in [-0.15, -0.1) is 0 Å². The van der Waals surface area contributed by atoms with E-state index in [0.29, 0.717) is 6.61 Å².